The summed E-state index contributed by atoms with van der Waals surface area (Å²) in [6.07, 6.45) is 0. The average Bonchev–Trinajstić information content (AvgIpc) is 2.39. The molecule has 0 bridgehead atoms. The van der Waals surface area contributed by atoms with E-state index in [4.69, 9.17) is 11.5 Å². The molecule has 0 heterocycles. The van der Waals surface area contributed by atoms with Crippen molar-refractivity contribution >= 4 is 0 Å². The number of hydrogen-bond acceptors (Lipinski definition) is 2. The molecule has 16 heavy (non-hydrogen) atoms. The Kier molecular flexibility index (Phi) is 3.34. The van der Waals surface area contributed by atoms with Crippen LogP contribution in [-0.4, -0.2) is 0 Å². The van der Waals surface area contributed by atoms with Gasteiger partial charge in [-0.1, -0.05) is 54.6 Å². The molecule has 2 heteroatoms. The van der Waals surface area contributed by atoms with Crippen LogP contribution in [0.15, 0.2) is 54.6 Å². The van der Waals surface area contributed by atoms with E-state index in [-0.39, 0.29) is 6.04 Å². The first kappa shape index (κ1) is 10.9. The lowest BCUT2D eigenvalue weighted by Gasteiger charge is -2.15. The van der Waals surface area contributed by atoms with Crippen LogP contribution in [0.2, 0.25) is 0 Å². The molecule has 2 aromatic rings. The summed E-state index contributed by atoms with van der Waals surface area (Å²) in [6.45, 7) is 0.525. The van der Waals surface area contributed by atoms with Gasteiger partial charge in [-0.3, -0.25) is 0 Å². The lowest BCUT2D eigenvalue weighted by Crippen LogP contribution is -2.15. The van der Waals surface area contributed by atoms with E-state index in [9.17, 15) is 0 Å². The summed E-state index contributed by atoms with van der Waals surface area (Å²) in [6, 6.07) is 18.0. The van der Waals surface area contributed by atoms with Crippen LogP contribution in [0.3, 0.4) is 0 Å². The van der Waals surface area contributed by atoms with Crippen LogP contribution in [0, 0.1) is 0 Å². The molecule has 4 N–H and O–H groups in total. The predicted octanol–water partition coefficient (Wildman–Crippen LogP) is 2.19. The summed E-state index contributed by atoms with van der Waals surface area (Å²) in [5.74, 6) is 0. The van der Waals surface area contributed by atoms with Gasteiger partial charge in [0, 0.05) is 6.54 Å². The molecule has 0 saturated heterocycles. The Morgan fingerprint density at radius 1 is 0.875 bits per heavy atom. The minimum Gasteiger partial charge on any atom is -0.326 e. The van der Waals surface area contributed by atoms with Crippen LogP contribution in [0.4, 0.5) is 0 Å². The molecular formula is C14H16N2. The summed E-state index contributed by atoms with van der Waals surface area (Å²) < 4.78 is 0. The van der Waals surface area contributed by atoms with E-state index >= 15 is 0 Å². The second-order valence-electron chi connectivity index (χ2n) is 3.79. The molecule has 0 saturated carbocycles. The van der Waals surface area contributed by atoms with Crippen LogP contribution in [0.25, 0.3) is 0 Å². The van der Waals surface area contributed by atoms with E-state index in [1.807, 2.05) is 54.6 Å². The molecule has 0 radical (unpaired) electrons. The van der Waals surface area contributed by atoms with E-state index in [0.29, 0.717) is 6.54 Å². The van der Waals surface area contributed by atoms with Crippen LogP contribution in [0.1, 0.15) is 22.7 Å². The van der Waals surface area contributed by atoms with Crippen molar-refractivity contribution in [2.24, 2.45) is 11.5 Å². The molecule has 0 spiro atoms. The molecule has 2 aromatic carbocycles. The van der Waals surface area contributed by atoms with Gasteiger partial charge in [0.05, 0.1) is 6.04 Å². The molecule has 2 nitrogen and oxygen atoms in total. The van der Waals surface area contributed by atoms with Gasteiger partial charge in [-0.05, 0) is 16.7 Å². The van der Waals surface area contributed by atoms with Crippen molar-refractivity contribution in [3.63, 3.8) is 0 Å². The normalized spacial score (nSPS) is 12.4. The number of benzene rings is 2. The van der Waals surface area contributed by atoms with Gasteiger partial charge in [0.25, 0.3) is 0 Å². The highest BCUT2D eigenvalue weighted by molar-refractivity contribution is 5.36. The molecule has 0 aliphatic rings. The van der Waals surface area contributed by atoms with Gasteiger partial charge >= 0.3 is 0 Å². The SMILES string of the molecule is NCc1ccccc1C(N)c1ccccc1. The summed E-state index contributed by atoms with van der Waals surface area (Å²) in [5, 5.41) is 0. The van der Waals surface area contributed by atoms with Crippen molar-refractivity contribution in [1.29, 1.82) is 0 Å². The van der Waals surface area contributed by atoms with E-state index in [2.05, 4.69) is 0 Å². The zero-order valence-electron chi connectivity index (χ0n) is 9.14. The van der Waals surface area contributed by atoms with E-state index in [1.165, 1.54) is 0 Å². The third-order valence-electron chi connectivity index (χ3n) is 2.77. The zero-order chi connectivity index (χ0) is 11.4. The molecule has 0 amide bonds. The highest BCUT2D eigenvalue weighted by Gasteiger charge is 2.11. The molecule has 1 atom stereocenters. The van der Waals surface area contributed by atoms with Crippen molar-refractivity contribution in [2.75, 3.05) is 0 Å². The largest absolute Gasteiger partial charge is 0.326 e. The molecule has 0 fully saturated rings. The Labute approximate surface area is 95.9 Å². The minimum absolute atomic E-state index is 0.0963. The maximum Gasteiger partial charge on any atom is 0.0554 e. The fraction of sp³-hybridized carbons (Fsp3) is 0.143. The fourth-order valence-corrected chi connectivity index (χ4v) is 1.86. The Morgan fingerprint density at radius 2 is 1.50 bits per heavy atom. The quantitative estimate of drug-likeness (QED) is 0.819. The average molecular weight is 212 g/mol. The summed E-state index contributed by atoms with van der Waals surface area (Å²) in [7, 11) is 0. The second-order valence-corrected chi connectivity index (χ2v) is 3.79. The maximum absolute atomic E-state index is 6.24. The summed E-state index contributed by atoms with van der Waals surface area (Å²) in [4.78, 5) is 0. The molecule has 1 unspecified atom stereocenters. The summed E-state index contributed by atoms with van der Waals surface area (Å²) in [5.41, 5.74) is 15.3. The van der Waals surface area contributed by atoms with Gasteiger partial charge < -0.3 is 11.5 Å². The van der Waals surface area contributed by atoms with Gasteiger partial charge in [-0.2, -0.15) is 0 Å². The third-order valence-corrected chi connectivity index (χ3v) is 2.77. The Morgan fingerprint density at radius 3 is 2.19 bits per heavy atom. The van der Waals surface area contributed by atoms with Gasteiger partial charge in [0.2, 0.25) is 0 Å². The summed E-state index contributed by atoms with van der Waals surface area (Å²) >= 11 is 0. The molecule has 0 aromatic heterocycles. The van der Waals surface area contributed by atoms with Gasteiger partial charge in [-0.25, -0.2) is 0 Å². The Hall–Kier alpha value is -1.64. The standard InChI is InChI=1S/C14H16N2/c15-10-12-8-4-5-9-13(12)14(16)11-6-2-1-3-7-11/h1-9,14H,10,15-16H2. The molecular weight excluding hydrogens is 196 g/mol. The van der Waals surface area contributed by atoms with Crippen molar-refractivity contribution < 1.29 is 0 Å². The van der Waals surface area contributed by atoms with Gasteiger partial charge in [-0.15, -0.1) is 0 Å². The van der Waals surface area contributed by atoms with Crippen LogP contribution in [0.5, 0.6) is 0 Å². The topological polar surface area (TPSA) is 52.0 Å². The maximum atomic E-state index is 6.24. The van der Waals surface area contributed by atoms with Crippen LogP contribution >= 0.6 is 0 Å². The van der Waals surface area contributed by atoms with Crippen molar-refractivity contribution in [1.82, 2.24) is 0 Å². The minimum atomic E-state index is -0.0963. The number of rotatable bonds is 3. The molecule has 2 rings (SSSR count). The Bertz CT molecular complexity index is 451. The first-order valence-electron chi connectivity index (χ1n) is 5.41. The first-order valence-corrected chi connectivity index (χ1v) is 5.41. The molecule has 82 valence electrons. The van der Waals surface area contributed by atoms with E-state index in [1.54, 1.807) is 0 Å². The van der Waals surface area contributed by atoms with Crippen molar-refractivity contribution in [3.8, 4) is 0 Å². The monoisotopic (exact) mass is 212 g/mol. The smallest absolute Gasteiger partial charge is 0.0554 e. The van der Waals surface area contributed by atoms with E-state index in [0.717, 1.165) is 16.7 Å². The van der Waals surface area contributed by atoms with Crippen molar-refractivity contribution in [2.45, 2.75) is 12.6 Å². The zero-order valence-corrected chi connectivity index (χ0v) is 9.14. The second kappa shape index (κ2) is 4.92. The first-order chi connectivity index (χ1) is 7.83. The van der Waals surface area contributed by atoms with Crippen LogP contribution < -0.4 is 11.5 Å². The third kappa shape index (κ3) is 2.13. The van der Waals surface area contributed by atoms with Gasteiger partial charge in [0.1, 0.15) is 0 Å². The fourth-order valence-electron chi connectivity index (χ4n) is 1.86. The van der Waals surface area contributed by atoms with Gasteiger partial charge in [0.15, 0.2) is 0 Å². The van der Waals surface area contributed by atoms with Crippen molar-refractivity contribution in [3.05, 3.63) is 71.3 Å². The highest BCUT2D eigenvalue weighted by atomic mass is 14.6. The van der Waals surface area contributed by atoms with E-state index < -0.39 is 0 Å². The molecule has 0 aliphatic heterocycles. The lowest BCUT2D eigenvalue weighted by molar-refractivity contribution is 0.845. The lowest BCUT2D eigenvalue weighted by atomic mass is 9.95. The Balaban J connectivity index is 2.37. The van der Waals surface area contributed by atoms with Crippen LogP contribution in [-0.2, 0) is 6.54 Å². The molecule has 0 aliphatic carbocycles. The number of hydrogen-bond donors (Lipinski definition) is 2. The predicted molar refractivity (Wildman–Crippen MR) is 66.8 cm³/mol. The number of nitrogens with two attached hydrogens (primary N) is 2. The highest BCUT2D eigenvalue weighted by Crippen LogP contribution is 2.22.